The van der Waals surface area contributed by atoms with Gasteiger partial charge >= 0.3 is 0 Å². The van der Waals surface area contributed by atoms with E-state index < -0.39 is 20.0 Å². The number of sulfonamides is 2. The summed E-state index contributed by atoms with van der Waals surface area (Å²) in [5.74, 6) is 0.150. The minimum atomic E-state index is -3.55. The summed E-state index contributed by atoms with van der Waals surface area (Å²) in [6.45, 7) is 0.455. The Balaban J connectivity index is 1.81. The second kappa shape index (κ2) is 7.25. The van der Waals surface area contributed by atoms with Crippen LogP contribution in [0, 0.1) is 0 Å². The normalized spacial score (nSPS) is 22.2. The van der Waals surface area contributed by atoms with E-state index in [1.165, 1.54) is 27.2 Å². The molecule has 6 nitrogen and oxygen atoms in total. The molecule has 1 heterocycles. The zero-order chi connectivity index (χ0) is 18.1. The van der Waals surface area contributed by atoms with Crippen LogP contribution >= 0.6 is 0 Å². The smallest absolute Gasteiger partial charge is 0.243 e. The van der Waals surface area contributed by atoms with Crippen LogP contribution in [0.3, 0.4) is 0 Å². The molecule has 0 aromatic heterocycles. The Labute approximate surface area is 150 Å². The van der Waals surface area contributed by atoms with Crippen LogP contribution in [0.25, 0.3) is 0 Å². The van der Waals surface area contributed by atoms with Crippen molar-refractivity contribution >= 4 is 25.7 Å². The fraction of sp³-hybridized carbons (Fsp3) is 0.647. The highest BCUT2D eigenvalue weighted by Crippen LogP contribution is 2.29. The van der Waals surface area contributed by atoms with Crippen molar-refractivity contribution in [1.29, 1.82) is 0 Å². The molecule has 0 unspecified atom stereocenters. The van der Waals surface area contributed by atoms with E-state index in [1.807, 2.05) is 0 Å². The van der Waals surface area contributed by atoms with Gasteiger partial charge in [-0.15, -0.1) is 0 Å². The van der Waals surface area contributed by atoms with Crippen molar-refractivity contribution in [3.05, 3.63) is 24.3 Å². The van der Waals surface area contributed by atoms with Gasteiger partial charge in [-0.2, -0.15) is 4.31 Å². The lowest BCUT2D eigenvalue weighted by molar-refractivity contribution is 0.286. The lowest BCUT2D eigenvalue weighted by Gasteiger charge is -2.31. The van der Waals surface area contributed by atoms with Crippen LogP contribution in [-0.2, 0) is 20.0 Å². The van der Waals surface area contributed by atoms with Crippen LogP contribution in [0.2, 0.25) is 0 Å². The molecule has 2 fully saturated rings. The van der Waals surface area contributed by atoms with Crippen LogP contribution in [0.15, 0.2) is 29.2 Å². The summed E-state index contributed by atoms with van der Waals surface area (Å²) in [5.41, 5.74) is 0.541. The fourth-order valence-corrected chi connectivity index (χ4v) is 6.73. The molecule has 1 aromatic carbocycles. The third kappa shape index (κ3) is 3.85. The summed E-state index contributed by atoms with van der Waals surface area (Å²) in [7, 11) is -5.19. The van der Waals surface area contributed by atoms with Crippen LogP contribution < -0.4 is 4.31 Å². The molecule has 1 aliphatic heterocycles. The molecule has 0 spiro atoms. The van der Waals surface area contributed by atoms with Gasteiger partial charge in [0.25, 0.3) is 0 Å². The van der Waals surface area contributed by atoms with Crippen molar-refractivity contribution in [2.45, 2.75) is 55.9 Å². The standard InChI is InChI=1S/C17H26N2O4S2/c1-18(15-7-3-2-4-8-15)25(22,23)17-11-9-16(10-12-17)19-13-5-6-14-24(19,20)21/h9-12,15H,2-8,13-14H2,1H3. The average Bonchev–Trinajstić information content (AvgIpc) is 2.61. The van der Waals surface area contributed by atoms with Crippen molar-refractivity contribution in [3.63, 3.8) is 0 Å². The predicted octanol–water partition coefficient (Wildman–Crippen LogP) is 2.57. The molecule has 8 heteroatoms. The largest absolute Gasteiger partial charge is 0.270 e. The van der Waals surface area contributed by atoms with Gasteiger partial charge in [0.1, 0.15) is 0 Å². The first-order valence-corrected chi connectivity index (χ1v) is 12.0. The van der Waals surface area contributed by atoms with Crippen molar-refractivity contribution in [2.75, 3.05) is 23.7 Å². The Morgan fingerprint density at radius 3 is 2.24 bits per heavy atom. The number of hydrogen-bond acceptors (Lipinski definition) is 4. The molecule has 25 heavy (non-hydrogen) atoms. The minimum Gasteiger partial charge on any atom is -0.270 e. The summed E-state index contributed by atoms with van der Waals surface area (Å²) < 4.78 is 52.9. The van der Waals surface area contributed by atoms with Gasteiger partial charge in [0.15, 0.2) is 0 Å². The minimum absolute atomic E-state index is 0.0564. The maximum absolute atomic E-state index is 12.8. The first-order valence-electron chi connectivity index (χ1n) is 8.91. The molecule has 3 rings (SSSR count). The summed E-state index contributed by atoms with van der Waals surface area (Å²) in [5, 5.41) is 0. The van der Waals surface area contributed by atoms with E-state index in [2.05, 4.69) is 0 Å². The predicted molar refractivity (Wildman–Crippen MR) is 98.6 cm³/mol. The molecule has 1 aromatic rings. The Bertz CT molecular complexity index is 798. The van der Waals surface area contributed by atoms with Crippen LogP contribution in [0.4, 0.5) is 5.69 Å². The molecule has 0 radical (unpaired) electrons. The monoisotopic (exact) mass is 386 g/mol. The number of nitrogens with zero attached hydrogens (tertiary/aromatic N) is 2. The molecule has 0 bridgehead atoms. The lowest BCUT2D eigenvalue weighted by atomic mass is 9.96. The van der Waals surface area contributed by atoms with Gasteiger partial charge in [-0.1, -0.05) is 19.3 Å². The Morgan fingerprint density at radius 1 is 1.00 bits per heavy atom. The van der Waals surface area contributed by atoms with Gasteiger partial charge in [-0.05, 0) is 49.9 Å². The Kier molecular flexibility index (Phi) is 5.41. The van der Waals surface area contributed by atoms with Gasteiger partial charge < -0.3 is 0 Å². The van der Waals surface area contributed by atoms with Crippen molar-refractivity contribution in [2.24, 2.45) is 0 Å². The maximum Gasteiger partial charge on any atom is 0.243 e. The first-order chi connectivity index (χ1) is 11.8. The highest BCUT2D eigenvalue weighted by Gasteiger charge is 2.30. The lowest BCUT2D eigenvalue weighted by Crippen LogP contribution is -2.38. The van der Waals surface area contributed by atoms with Gasteiger partial charge in [0, 0.05) is 19.6 Å². The number of rotatable bonds is 4. The molecular weight excluding hydrogens is 360 g/mol. The fourth-order valence-electron chi connectivity index (χ4n) is 3.67. The molecule has 0 amide bonds. The molecule has 1 saturated carbocycles. The van der Waals surface area contributed by atoms with Crippen LogP contribution in [0.1, 0.15) is 44.9 Å². The third-order valence-corrected chi connectivity index (χ3v) is 9.03. The molecule has 0 N–H and O–H groups in total. The zero-order valence-electron chi connectivity index (χ0n) is 14.6. The SMILES string of the molecule is CN(C1CCCCC1)S(=O)(=O)c1ccc(N2CCCCS2(=O)=O)cc1. The summed E-state index contributed by atoms with van der Waals surface area (Å²) >= 11 is 0. The molecule has 1 saturated heterocycles. The second-order valence-corrected chi connectivity index (χ2v) is 10.9. The molecular formula is C17H26N2O4S2. The van der Waals surface area contributed by atoms with E-state index in [0.717, 1.165) is 32.1 Å². The molecule has 1 aliphatic carbocycles. The summed E-state index contributed by atoms with van der Waals surface area (Å²) in [6.07, 6.45) is 6.61. The highest BCUT2D eigenvalue weighted by molar-refractivity contribution is 7.92. The molecule has 2 aliphatic rings. The van der Waals surface area contributed by atoms with E-state index in [9.17, 15) is 16.8 Å². The maximum atomic E-state index is 12.8. The Hall–Kier alpha value is -1.12. The van der Waals surface area contributed by atoms with E-state index >= 15 is 0 Å². The number of hydrogen-bond donors (Lipinski definition) is 0. The van der Waals surface area contributed by atoms with Crippen molar-refractivity contribution in [1.82, 2.24) is 4.31 Å². The van der Waals surface area contributed by atoms with Gasteiger partial charge in [0.05, 0.1) is 16.3 Å². The zero-order valence-corrected chi connectivity index (χ0v) is 16.2. The molecule has 140 valence electrons. The third-order valence-electron chi connectivity index (χ3n) is 5.24. The number of anilines is 1. The van der Waals surface area contributed by atoms with E-state index in [4.69, 9.17) is 0 Å². The highest BCUT2D eigenvalue weighted by atomic mass is 32.2. The first kappa shape index (κ1) is 18.7. The summed E-state index contributed by atoms with van der Waals surface area (Å²) in [6, 6.07) is 6.30. The quantitative estimate of drug-likeness (QED) is 0.797. The van der Waals surface area contributed by atoms with Gasteiger partial charge in [-0.3, -0.25) is 4.31 Å². The van der Waals surface area contributed by atoms with E-state index in [-0.39, 0.29) is 16.7 Å². The van der Waals surface area contributed by atoms with E-state index in [0.29, 0.717) is 18.7 Å². The Morgan fingerprint density at radius 2 is 1.64 bits per heavy atom. The van der Waals surface area contributed by atoms with E-state index in [1.54, 1.807) is 19.2 Å². The van der Waals surface area contributed by atoms with Crippen molar-refractivity contribution < 1.29 is 16.8 Å². The van der Waals surface area contributed by atoms with Crippen molar-refractivity contribution in [3.8, 4) is 0 Å². The van der Waals surface area contributed by atoms with Crippen LogP contribution in [-0.4, -0.2) is 46.5 Å². The topological polar surface area (TPSA) is 74.8 Å². The van der Waals surface area contributed by atoms with Gasteiger partial charge in [-0.25, -0.2) is 16.8 Å². The summed E-state index contributed by atoms with van der Waals surface area (Å²) in [4.78, 5) is 0.221. The number of benzene rings is 1. The molecule has 0 atom stereocenters. The van der Waals surface area contributed by atoms with Gasteiger partial charge in [0.2, 0.25) is 20.0 Å². The average molecular weight is 387 g/mol. The van der Waals surface area contributed by atoms with Crippen LogP contribution in [0.5, 0.6) is 0 Å². The second-order valence-electron chi connectivity index (χ2n) is 6.90.